The zero-order valence-electron chi connectivity index (χ0n) is 21.4. The molecule has 2 atom stereocenters. The molecule has 7 heteroatoms. The zero-order valence-corrected chi connectivity index (χ0v) is 22.2. The summed E-state index contributed by atoms with van der Waals surface area (Å²) in [6, 6.07) is 8.78. The maximum absolute atomic E-state index is 13.8. The van der Waals surface area contributed by atoms with E-state index in [9.17, 15) is 14.7 Å². The van der Waals surface area contributed by atoms with Crippen molar-refractivity contribution in [2.45, 2.75) is 68.8 Å². The van der Waals surface area contributed by atoms with E-state index in [-0.39, 0.29) is 23.4 Å². The number of nitrogens with zero attached hydrogens (tertiary/aromatic N) is 3. The Balaban J connectivity index is 1.37. The standard InChI is InChI=1S/C29H38ClN3O3/c1-21(2)23-8-4-5-9-24(23)25-18-31(20-29(30)10-6-3-7-11-29)19-26(34)33(25)22-16-28(17-22)12-14-32(15-13-28)27(35)36/h3-10,21-22,25H,11-20H2,1-2H3,(H,35,36)/t25-,29?/m1/s1. The molecule has 1 saturated carbocycles. The minimum Gasteiger partial charge on any atom is -0.465 e. The summed E-state index contributed by atoms with van der Waals surface area (Å²) in [7, 11) is 0. The number of carbonyl (C=O) groups is 2. The maximum atomic E-state index is 13.8. The van der Waals surface area contributed by atoms with Gasteiger partial charge in [0.1, 0.15) is 0 Å². The molecule has 2 aliphatic heterocycles. The molecule has 4 aliphatic rings. The summed E-state index contributed by atoms with van der Waals surface area (Å²) in [5, 5.41) is 9.33. The summed E-state index contributed by atoms with van der Waals surface area (Å²) >= 11 is 6.95. The van der Waals surface area contributed by atoms with Gasteiger partial charge < -0.3 is 14.9 Å². The minimum atomic E-state index is -0.822. The van der Waals surface area contributed by atoms with Crippen molar-refractivity contribution < 1.29 is 14.7 Å². The molecule has 1 aromatic carbocycles. The monoisotopic (exact) mass is 511 g/mol. The highest BCUT2D eigenvalue weighted by Crippen LogP contribution is 2.53. The van der Waals surface area contributed by atoms with Crippen molar-refractivity contribution in [1.82, 2.24) is 14.7 Å². The van der Waals surface area contributed by atoms with Gasteiger partial charge in [-0.25, -0.2) is 4.79 Å². The fraction of sp³-hybridized carbons (Fsp3) is 0.586. The van der Waals surface area contributed by atoms with E-state index in [1.54, 1.807) is 0 Å². The second-order valence-electron chi connectivity index (χ2n) is 11.6. The molecule has 1 aromatic rings. The number of piperazine rings is 1. The molecule has 5 rings (SSSR count). The smallest absolute Gasteiger partial charge is 0.407 e. The van der Waals surface area contributed by atoms with Gasteiger partial charge in [0.15, 0.2) is 0 Å². The summed E-state index contributed by atoms with van der Waals surface area (Å²) in [6.45, 7) is 7.45. The number of amides is 2. The summed E-state index contributed by atoms with van der Waals surface area (Å²) in [5.74, 6) is 0.552. The normalized spacial score (nSPS) is 28.7. The van der Waals surface area contributed by atoms with E-state index in [0.29, 0.717) is 32.1 Å². The Morgan fingerprint density at radius 3 is 2.53 bits per heavy atom. The van der Waals surface area contributed by atoms with E-state index in [1.165, 1.54) is 16.0 Å². The third kappa shape index (κ3) is 4.95. The van der Waals surface area contributed by atoms with Gasteiger partial charge in [0.2, 0.25) is 5.91 Å². The van der Waals surface area contributed by atoms with Crippen molar-refractivity contribution >= 4 is 23.6 Å². The van der Waals surface area contributed by atoms with Crippen LogP contribution < -0.4 is 0 Å². The first kappa shape index (κ1) is 25.3. The molecule has 194 valence electrons. The van der Waals surface area contributed by atoms with Gasteiger partial charge in [0.05, 0.1) is 17.5 Å². The van der Waals surface area contributed by atoms with Crippen LogP contribution >= 0.6 is 11.6 Å². The number of rotatable bonds is 5. The summed E-state index contributed by atoms with van der Waals surface area (Å²) < 4.78 is 0. The van der Waals surface area contributed by atoms with Crippen molar-refractivity contribution in [3.63, 3.8) is 0 Å². The third-order valence-corrected chi connectivity index (χ3v) is 9.20. The Bertz CT molecular complexity index is 1050. The lowest BCUT2D eigenvalue weighted by atomic mass is 9.59. The fourth-order valence-electron chi connectivity index (χ4n) is 6.86. The van der Waals surface area contributed by atoms with Crippen molar-refractivity contribution in [2.75, 3.05) is 32.7 Å². The van der Waals surface area contributed by atoms with Crippen LogP contribution in [0.25, 0.3) is 0 Å². The molecule has 0 bridgehead atoms. The van der Waals surface area contributed by atoms with Crippen molar-refractivity contribution in [3.8, 4) is 0 Å². The number of carbonyl (C=O) groups excluding carboxylic acids is 1. The molecule has 1 N–H and O–H groups in total. The lowest BCUT2D eigenvalue weighted by molar-refractivity contribution is -0.153. The molecule has 1 unspecified atom stereocenters. The molecule has 1 spiro atoms. The average Bonchev–Trinajstić information content (AvgIpc) is 2.82. The Labute approximate surface area is 219 Å². The van der Waals surface area contributed by atoms with Gasteiger partial charge in [-0.3, -0.25) is 9.69 Å². The predicted octanol–water partition coefficient (Wildman–Crippen LogP) is 5.41. The van der Waals surface area contributed by atoms with Crippen LogP contribution in [0.3, 0.4) is 0 Å². The van der Waals surface area contributed by atoms with Crippen LogP contribution in [0.2, 0.25) is 0 Å². The molecule has 6 nitrogen and oxygen atoms in total. The van der Waals surface area contributed by atoms with Crippen LogP contribution in [0, 0.1) is 5.41 Å². The van der Waals surface area contributed by atoms with E-state index in [4.69, 9.17) is 11.6 Å². The van der Waals surface area contributed by atoms with Crippen molar-refractivity contribution in [1.29, 1.82) is 0 Å². The number of carboxylic acid groups (broad SMARTS) is 1. The number of hydrogen-bond donors (Lipinski definition) is 1. The molecule has 2 aliphatic carbocycles. The second kappa shape index (κ2) is 9.86. The van der Waals surface area contributed by atoms with Gasteiger partial charge >= 0.3 is 6.09 Å². The van der Waals surface area contributed by atoms with Gasteiger partial charge in [0.25, 0.3) is 0 Å². The van der Waals surface area contributed by atoms with Crippen LogP contribution in [0.4, 0.5) is 4.79 Å². The maximum Gasteiger partial charge on any atom is 0.407 e. The Morgan fingerprint density at radius 2 is 1.89 bits per heavy atom. The SMILES string of the molecule is CC(C)c1ccccc1[C@H]1CN(CC2(Cl)C=CC=CC2)CC(=O)N1C1CC2(CCN(C(=O)O)CC2)C1. The lowest BCUT2D eigenvalue weighted by Gasteiger charge is -2.58. The molecular weight excluding hydrogens is 474 g/mol. The van der Waals surface area contributed by atoms with Gasteiger partial charge in [-0.1, -0.05) is 62.4 Å². The molecule has 2 saturated heterocycles. The number of alkyl halides is 1. The Hall–Kier alpha value is -2.31. The summed E-state index contributed by atoms with van der Waals surface area (Å²) in [5.41, 5.74) is 2.72. The van der Waals surface area contributed by atoms with Crippen LogP contribution in [-0.4, -0.2) is 75.4 Å². The van der Waals surface area contributed by atoms with Crippen LogP contribution in [0.5, 0.6) is 0 Å². The Morgan fingerprint density at radius 1 is 1.17 bits per heavy atom. The van der Waals surface area contributed by atoms with Gasteiger partial charge in [-0.2, -0.15) is 0 Å². The molecule has 2 heterocycles. The lowest BCUT2D eigenvalue weighted by Crippen LogP contribution is -2.63. The van der Waals surface area contributed by atoms with Crippen LogP contribution in [0.15, 0.2) is 48.6 Å². The third-order valence-electron chi connectivity index (χ3n) is 8.80. The molecule has 0 aromatic heterocycles. The van der Waals surface area contributed by atoms with Gasteiger partial charge in [-0.15, -0.1) is 11.6 Å². The van der Waals surface area contributed by atoms with E-state index >= 15 is 0 Å². The van der Waals surface area contributed by atoms with Crippen LogP contribution in [0.1, 0.15) is 69.0 Å². The number of allylic oxidation sites excluding steroid dienone is 3. The average molecular weight is 512 g/mol. The van der Waals surface area contributed by atoms with Gasteiger partial charge in [0, 0.05) is 32.2 Å². The number of hydrogen-bond acceptors (Lipinski definition) is 3. The molecular formula is C29H38ClN3O3. The highest BCUT2D eigenvalue weighted by atomic mass is 35.5. The summed E-state index contributed by atoms with van der Waals surface area (Å²) in [6.07, 6.45) is 11.9. The van der Waals surface area contributed by atoms with Gasteiger partial charge in [-0.05, 0) is 54.6 Å². The summed E-state index contributed by atoms with van der Waals surface area (Å²) in [4.78, 5) is 30.6. The molecule has 3 fully saturated rings. The topological polar surface area (TPSA) is 64.1 Å². The second-order valence-corrected chi connectivity index (χ2v) is 12.4. The zero-order chi connectivity index (χ0) is 25.5. The number of piperidine rings is 1. The van der Waals surface area contributed by atoms with E-state index in [1.807, 2.05) is 12.2 Å². The highest BCUT2D eigenvalue weighted by molar-refractivity contribution is 6.25. The predicted molar refractivity (Wildman–Crippen MR) is 142 cm³/mol. The largest absolute Gasteiger partial charge is 0.465 e. The van der Waals surface area contributed by atoms with E-state index in [2.05, 4.69) is 60.1 Å². The molecule has 2 amide bonds. The number of benzene rings is 1. The first-order valence-electron chi connectivity index (χ1n) is 13.3. The molecule has 36 heavy (non-hydrogen) atoms. The minimum absolute atomic E-state index is 0.00492. The first-order chi connectivity index (χ1) is 17.2. The number of halogens is 1. The van der Waals surface area contributed by atoms with E-state index < -0.39 is 11.0 Å². The van der Waals surface area contributed by atoms with E-state index in [0.717, 1.165) is 38.6 Å². The number of likely N-dealkylation sites (tertiary alicyclic amines) is 1. The van der Waals surface area contributed by atoms with Crippen molar-refractivity contribution in [3.05, 3.63) is 59.7 Å². The highest BCUT2D eigenvalue weighted by Gasteiger charge is 2.52. The van der Waals surface area contributed by atoms with Crippen LogP contribution in [-0.2, 0) is 4.79 Å². The molecule has 0 radical (unpaired) electrons. The fourth-order valence-corrected chi connectivity index (χ4v) is 7.19. The quantitative estimate of drug-likeness (QED) is 0.537. The first-order valence-corrected chi connectivity index (χ1v) is 13.7. The Kier molecular flexibility index (Phi) is 6.94. The van der Waals surface area contributed by atoms with Crippen molar-refractivity contribution in [2.24, 2.45) is 5.41 Å².